The van der Waals surface area contributed by atoms with Crippen LogP contribution in [0.5, 0.6) is 11.5 Å². The standard InChI is InChI=1S/C18H26F2N2O4/c1-12-10-22(11-13(2)25-12)8-4-7-21-17(23)14-5-6-15(24-3)16(9-14)26-18(19)20/h5-6,9,12-13,18H,4,7-8,10-11H2,1-3H3,(H,21,23). The Kier molecular flexibility index (Phi) is 7.59. The largest absolute Gasteiger partial charge is 0.493 e. The second-order valence-electron chi connectivity index (χ2n) is 6.37. The van der Waals surface area contributed by atoms with Gasteiger partial charge in [-0.05, 0) is 38.5 Å². The monoisotopic (exact) mass is 372 g/mol. The highest BCUT2D eigenvalue weighted by Crippen LogP contribution is 2.29. The summed E-state index contributed by atoms with van der Waals surface area (Å²) in [7, 11) is 1.35. The number of carbonyl (C=O) groups excluding carboxylic acids is 1. The van der Waals surface area contributed by atoms with Crippen molar-refractivity contribution >= 4 is 5.91 Å². The van der Waals surface area contributed by atoms with Crippen molar-refractivity contribution in [2.24, 2.45) is 0 Å². The molecule has 1 aromatic carbocycles. The fourth-order valence-corrected chi connectivity index (χ4v) is 3.08. The van der Waals surface area contributed by atoms with E-state index in [4.69, 9.17) is 9.47 Å². The molecular formula is C18H26F2N2O4. The van der Waals surface area contributed by atoms with E-state index >= 15 is 0 Å². The van der Waals surface area contributed by atoms with E-state index in [-0.39, 0.29) is 35.2 Å². The Morgan fingerprint density at radius 3 is 2.62 bits per heavy atom. The molecule has 1 aliphatic heterocycles. The number of amides is 1. The number of morpholine rings is 1. The van der Waals surface area contributed by atoms with E-state index in [1.165, 1.54) is 25.3 Å². The number of methoxy groups -OCH3 is 1. The minimum atomic E-state index is -2.99. The number of ether oxygens (including phenoxy) is 3. The molecule has 0 aliphatic carbocycles. The SMILES string of the molecule is COc1ccc(C(=O)NCCCN2CC(C)OC(C)C2)cc1OC(F)F. The van der Waals surface area contributed by atoms with Gasteiger partial charge >= 0.3 is 6.61 Å². The summed E-state index contributed by atoms with van der Waals surface area (Å²) >= 11 is 0. The maximum atomic E-state index is 12.5. The third kappa shape index (κ3) is 6.10. The zero-order valence-electron chi connectivity index (χ0n) is 15.3. The van der Waals surface area contributed by atoms with Crippen LogP contribution in [-0.2, 0) is 4.74 Å². The molecule has 1 fully saturated rings. The number of hydrogen-bond acceptors (Lipinski definition) is 5. The van der Waals surface area contributed by atoms with Crippen molar-refractivity contribution in [1.82, 2.24) is 10.2 Å². The third-order valence-electron chi connectivity index (χ3n) is 4.07. The van der Waals surface area contributed by atoms with Crippen LogP contribution in [0.25, 0.3) is 0 Å². The van der Waals surface area contributed by atoms with Crippen molar-refractivity contribution in [3.05, 3.63) is 23.8 Å². The molecule has 8 heteroatoms. The first kappa shape index (κ1) is 20.4. The predicted molar refractivity (Wildman–Crippen MR) is 93.0 cm³/mol. The second-order valence-corrected chi connectivity index (χ2v) is 6.37. The average molecular weight is 372 g/mol. The molecule has 1 amide bonds. The van der Waals surface area contributed by atoms with Gasteiger partial charge < -0.3 is 19.5 Å². The zero-order chi connectivity index (χ0) is 19.1. The fraction of sp³-hybridized carbons (Fsp3) is 0.611. The van der Waals surface area contributed by atoms with Crippen LogP contribution in [0, 0.1) is 0 Å². The highest BCUT2D eigenvalue weighted by Gasteiger charge is 2.21. The Morgan fingerprint density at radius 1 is 1.31 bits per heavy atom. The van der Waals surface area contributed by atoms with E-state index in [0.29, 0.717) is 6.54 Å². The molecule has 0 aromatic heterocycles. The van der Waals surface area contributed by atoms with Crippen LogP contribution in [0.1, 0.15) is 30.6 Å². The fourth-order valence-electron chi connectivity index (χ4n) is 3.08. The number of halogens is 2. The Balaban J connectivity index is 1.82. The Bertz CT molecular complexity index is 591. The van der Waals surface area contributed by atoms with Crippen LogP contribution < -0.4 is 14.8 Å². The second kappa shape index (κ2) is 9.68. The lowest BCUT2D eigenvalue weighted by molar-refractivity contribution is -0.0680. The van der Waals surface area contributed by atoms with Crippen LogP contribution in [-0.4, -0.2) is 62.9 Å². The third-order valence-corrected chi connectivity index (χ3v) is 4.07. The number of carbonyl (C=O) groups is 1. The molecule has 146 valence electrons. The Hall–Kier alpha value is -1.93. The van der Waals surface area contributed by atoms with E-state index in [1.807, 2.05) is 13.8 Å². The van der Waals surface area contributed by atoms with Crippen LogP contribution in [0.2, 0.25) is 0 Å². The van der Waals surface area contributed by atoms with Gasteiger partial charge in [0, 0.05) is 31.7 Å². The number of rotatable bonds is 8. The molecule has 26 heavy (non-hydrogen) atoms. The van der Waals surface area contributed by atoms with E-state index in [2.05, 4.69) is 15.0 Å². The van der Waals surface area contributed by atoms with Crippen molar-refractivity contribution in [3.63, 3.8) is 0 Å². The summed E-state index contributed by atoms with van der Waals surface area (Å²) in [5.41, 5.74) is 0.245. The molecule has 0 spiro atoms. The van der Waals surface area contributed by atoms with E-state index in [1.54, 1.807) is 0 Å². The van der Waals surface area contributed by atoms with Crippen molar-refractivity contribution < 1.29 is 27.8 Å². The summed E-state index contributed by atoms with van der Waals surface area (Å²) in [6, 6.07) is 4.20. The van der Waals surface area contributed by atoms with Gasteiger partial charge in [-0.3, -0.25) is 9.69 Å². The van der Waals surface area contributed by atoms with Crippen molar-refractivity contribution in [2.75, 3.05) is 33.3 Å². The molecule has 1 N–H and O–H groups in total. The highest BCUT2D eigenvalue weighted by atomic mass is 19.3. The smallest absolute Gasteiger partial charge is 0.387 e. The van der Waals surface area contributed by atoms with Crippen LogP contribution in [0.4, 0.5) is 8.78 Å². The lowest BCUT2D eigenvalue weighted by Gasteiger charge is -2.35. The molecule has 2 unspecified atom stereocenters. The van der Waals surface area contributed by atoms with Crippen LogP contribution >= 0.6 is 0 Å². The molecule has 2 rings (SSSR count). The number of alkyl halides is 2. The molecule has 2 atom stereocenters. The molecule has 0 saturated carbocycles. The van der Waals surface area contributed by atoms with Crippen molar-refractivity contribution in [1.29, 1.82) is 0 Å². The number of nitrogens with one attached hydrogen (secondary N) is 1. The van der Waals surface area contributed by atoms with Crippen LogP contribution in [0.15, 0.2) is 18.2 Å². The maximum absolute atomic E-state index is 12.5. The van der Waals surface area contributed by atoms with Crippen LogP contribution in [0.3, 0.4) is 0 Å². The predicted octanol–water partition coefficient (Wildman–Crippen LogP) is 2.53. The van der Waals surface area contributed by atoms with Gasteiger partial charge in [0.2, 0.25) is 0 Å². The summed E-state index contributed by atoms with van der Waals surface area (Å²) in [6.07, 6.45) is 1.21. The van der Waals surface area contributed by atoms with Crippen molar-refractivity contribution in [3.8, 4) is 11.5 Å². The molecule has 1 aromatic rings. The zero-order valence-corrected chi connectivity index (χ0v) is 15.3. The minimum Gasteiger partial charge on any atom is -0.493 e. The van der Waals surface area contributed by atoms with Gasteiger partial charge in [0.15, 0.2) is 11.5 Å². The first-order valence-electron chi connectivity index (χ1n) is 8.68. The van der Waals surface area contributed by atoms with Gasteiger partial charge in [-0.1, -0.05) is 0 Å². The van der Waals surface area contributed by atoms with Gasteiger partial charge in [0.1, 0.15) is 0 Å². The quantitative estimate of drug-likeness (QED) is 0.711. The van der Waals surface area contributed by atoms with E-state index < -0.39 is 6.61 Å². The number of benzene rings is 1. The van der Waals surface area contributed by atoms with Gasteiger partial charge in [-0.25, -0.2) is 0 Å². The molecule has 1 aliphatic rings. The summed E-state index contributed by atoms with van der Waals surface area (Å²) in [5, 5.41) is 2.80. The van der Waals surface area contributed by atoms with E-state index in [0.717, 1.165) is 26.1 Å². The topological polar surface area (TPSA) is 60.0 Å². The Labute approximate surface area is 152 Å². The summed E-state index contributed by atoms with van der Waals surface area (Å²) in [5.74, 6) is -0.348. The summed E-state index contributed by atoms with van der Waals surface area (Å²) in [6.45, 7) is 4.23. The molecule has 6 nitrogen and oxygen atoms in total. The highest BCUT2D eigenvalue weighted by molar-refractivity contribution is 5.94. The lowest BCUT2D eigenvalue weighted by Crippen LogP contribution is -2.46. The van der Waals surface area contributed by atoms with Gasteiger partial charge in [-0.15, -0.1) is 0 Å². The van der Waals surface area contributed by atoms with Crippen molar-refractivity contribution in [2.45, 2.75) is 39.1 Å². The number of nitrogens with zero attached hydrogens (tertiary/aromatic N) is 1. The number of hydrogen-bond donors (Lipinski definition) is 1. The summed E-state index contributed by atoms with van der Waals surface area (Å²) in [4.78, 5) is 14.5. The lowest BCUT2D eigenvalue weighted by atomic mass is 10.2. The molecule has 1 heterocycles. The Morgan fingerprint density at radius 2 is 2.00 bits per heavy atom. The summed E-state index contributed by atoms with van der Waals surface area (Å²) < 4.78 is 40.0. The first-order valence-corrected chi connectivity index (χ1v) is 8.68. The maximum Gasteiger partial charge on any atom is 0.387 e. The first-order chi connectivity index (χ1) is 12.4. The molecule has 0 bridgehead atoms. The van der Waals surface area contributed by atoms with Gasteiger partial charge in [-0.2, -0.15) is 8.78 Å². The molecule has 0 radical (unpaired) electrons. The average Bonchev–Trinajstić information content (AvgIpc) is 2.57. The minimum absolute atomic E-state index is 0.150. The normalized spacial score (nSPS) is 20.8. The molecular weight excluding hydrogens is 346 g/mol. The van der Waals surface area contributed by atoms with E-state index in [9.17, 15) is 13.6 Å². The van der Waals surface area contributed by atoms with Gasteiger partial charge in [0.05, 0.1) is 19.3 Å². The molecule has 1 saturated heterocycles. The van der Waals surface area contributed by atoms with Gasteiger partial charge in [0.25, 0.3) is 5.91 Å².